The van der Waals surface area contributed by atoms with Crippen LogP contribution in [0, 0.1) is 0 Å². The Hall–Kier alpha value is -2.00. The smallest absolute Gasteiger partial charge is 0.378 e. The molecular weight excluding hydrogens is 383 g/mol. The monoisotopic (exact) mass is 413 g/mol. The number of nitrogens with one attached hydrogen (secondary N) is 1. The number of likely N-dealkylation sites (tertiary alicyclic amines) is 1. The number of alkyl halides is 3. The van der Waals surface area contributed by atoms with Gasteiger partial charge in [0.1, 0.15) is 0 Å². The van der Waals surface area contributed by atoms with Crippen molar-refractivity contribution in [2.45, 2.75) is 38.5 Å². The van der Waals surface area contributed by atoms with Crippen molar-refractivity contribution in [1.29, 1.82) is 0 Å². The Kier molecular flexibility index (Phi) is 7.23. The van der Waals surface area contributed by atoms with Gasteiger partial charge in [0.05, 0.1) is 25.3 Å². The van der Waals surface area contributed by atoms with Crippen molar-refractivity contribution in [1.82, 2.24) is 10.2 Å². The number of halogens is 3. The Balaban J connectivity index is 1.66. The number of nitrogens with zero attached hydrogens (tertiary/aromatic N) is 3. The molecule has 1 atom stereocenters. The van der Waals surface area contributed by atoms with Crippen molar-refractivity contribution >= 4 is 11.6 Å². The summed E-state index contributed by atoms with van der Waals surface area (Å²) in [6.45, 7) is 6.93. The van der Waals surface area contributed by atoms with E-state index in [0.717, 1.165) is 25.9 Å². The van der Waals surface area contributed by atoms with Crippen LogP contribution in [0.3, 0.4) is 0 Å². The van der Waals surface area contributed by atoms with Crippen molar-refractivity contribution in [2.24, 2.45) is 10.7 Å². The van der Waals surface area contributed by atoms with Crippen molar-refractivity contribution in [3.05, 3.63) is 29.3 Å². The highest BCUT2D eigenvalue weighted by molar-refractivity contribution is 5.77. The number of morpholine rings is 1. The maximum absolute atomic E-state index is 13.6. The fourth-order valence-corrected chi connectivity index (χ4v) is 3.98. The fraction of sp³-hybridized carbons (Fsp3) is 0.650. The van der Waals surface area contributed by atoms with Crippen LogP contribution >= 0.6 is 0 Å². The largest absolute Gasteiger partial charge is 0.416 e. The lowest BCUT2D eigenvalue weighted by atomic mass is 10.1. The second kappa shape index (κ2) is 9.67. The van der Waals surface area contributed by atoms with Gasteiger partial charge >= 0.3 is 6.18 Å². The molecule has 2 heterocycles. The second-order valence-electron chi connectivity index (χ2n) is 7.45. The van der Waals surface area contributed by atoms with Gasteiger partial charge in [-0.1, -0.05) is 13.0 Å². The van der Waals surface area contributed by atoms with Gasteiger partial charge in [-0.3, -0.25) is 4.90 Å². The van der Waals surface area contributed by atoms with Gasteiger partial charge < -0.3 is 20.7 Å². The summed E-state index contributed by atoms with van der Waals surface area (Å²) in [4.78, 5) is 8.43. The molecule has 1 unspecified atom stereocenters. The molecule has 0 aromatic heterocycles. The van der Waals surface area contributed by atoms with Crippen molar-refractivity contribution < 1.29 is 17.9 Å². The zero-order chi connectivity index (χ0) is 20.9. The van der Waals surface area contributed by atoms with Gasteiger partial charge in [-0.15, -0.1) is 0 Å². The molecule has 0 bridgehead atoms. The lowest BCUT2D eigenvalue weighted by Gasteiger charge is -2.29. The van der Waals surface area contributed by atoms with Gasteiger partial charge in [0.2, 0.25) is 0 Å². The minimum atomic E-state index is -4.44. The number of ether oxygens (including phenoxy) is 1. The summed E-state index contributed by atoms with van der Waals surface area (Å²) < 4.78 is 46.1. The maximum atomic E-state index is 13.6. The molecule has 2 fully saturated rings. The van der Waals surface area contributed by atoms with Gasteiger partial charge in [0.25, 0.3) is 0 Å². The van der Waals surface area contributed by atoms with Crippen LogP contribution in [0.5, 0.6) is 0 Å². The Bertz CT molecular complexity index is 704. The first-order chi connectivity index (χ1) is 13.9. The highest BCUT2D eigenvalue weighted by Gasteiger charge is 2.34. The third kappa shape index (κ3) is 5.76. The number of anilines is 1. The quantitative estimate of drug-likeness (QED) is 0.554. The topological polar surface area (TPSA) is 66.1 Å². The van der Waals surface area contributed by atoms with E-state index in [9.17, 15) is 13.2 Å². The summed E-state index contributed by atoms with van der Waals surface area (Å²) >= 11 is 0. The number of hydrogen-bond donors (Lipinski definition) is 2. The Labute approximate surface area is 169 Å². The van der Waals surface area contributed by atoms with Gasteiger partial charge in [-0.25, -0.2) is 4.99 Å². The van der Waals surface area contributed by atoms with Crippen LogP contribution in [0.2, 0.25) is 0 Å². The standard InChI is InChI=1S/C20H30F3N5O/c1-2-27-7-3-4-17(27)14-26-19(24)25-13-15-5-6-16(12-18(15)20(21,22)23)28-8-10-29-11-9-28/h5-6,12,17H,2-4,7-11,13-14H2,1H3,(H3,24,25,26). The number of rotatable bonds is 6. The van der Waals surface area contributed by atoms with Crippen LogP contribution < -0.4 is 16.0 Å². The summed E-state index contributed by atoms with van der Waals surface area (Å²) in [5.41, 5.74) is 5.92. The number of aliphatic imine (C=N–C) groups is 1. The summed E-state index contributed by atoms with van der Waals surface area (Å²) in [6.07, 6.45) is -2.20. The van der Waals surface area contributed by atoms with Crippen molar-refractivity contribution in [3.63, 3.8) is 0 Å². The predicted octanol–water partition coefficient (Wildman–Crippen LogP) is 2.43. The number of likely N-dealkylation sites (N-methyl/N-ethyl adjacent to an activating group) is 1. The van der Waals surface area contributed by atoms with E-state index in [1.165, 1.54) is 12.1 Å². The Morgan fingerprint density at radius 1 is 1.28 bits per heavy atom. The average molecular weight is 413 g/mol. The highest BCUT2D eigenvalue weighted by atomic mass is 19.4. The van der Waals surface area contributed by atoms with Gasteiger partial charge in [0, 0.05) is 31.4 Å². The van der Waals surface area contributed by atoms with Crippen LogP contribution in [-0.2, 0) is 17.5 Å². The SMILES string of the molecule is CCN1CCCC1CNC(N)=NCc1ccc(N2CCOCC2)cc1C(F)(F)F. The van der Waals surface area contributed by atoms with Gasteiger partial charge in [-0.2, -0.15) is 13.2 Å². The first-order valence-corrected chi connectivity index (χ1v) is 10.2. The molecule has 0 aliphatic carbocycles. The molecule has 0 radical (unpaired) electrons. The van der Waals surface area contributed by atoms with E-state index in [1.807, 2.05) is 4.90 Å². The maximum Gasteiger partial charge on any atom is 0.416 e. The third-order valence-corrected chi connectivity index (χ3v) is 5.62. The molecule has 0 spiro atoms. The molecule has 6 nitrogen and oxygen atoms in total. The molecule has 3 rings (SSSR count). The molecule has 3 N–H and O–H groups in total. The summed E-state index contributed by atoms with van der Waals surface area (Å²) in [5, 5.41) is 3.06. The van der Waals surface area contributed by atoms with E-state index in [-0.39, 0.29) is 18.1 Å². The molecular formula is C20H30F3N5O. The first kappa shape index (κ1) is 21.7. The zero-order valence-corrected chi connectivity index (χ0v) is 16.8. The zero-order valence-electron chi connectivity index (χ0n) is 16.8. The van der Waals surface area contributed by atoms with E-state index >= 15 is 0 Å². The number of guanidine groups is 1. The van der Waals surface area contributed by atoms with Crippen molar-refractivity contribution in [2.75, 3.05) is 50.8 Å². The summed E-state index contributed by atoms with van der Waals surface area (Å²) in [5.74, 6) is 0.179. The molecule has 1 aromatic carbocycles. The molecule has 0 saturated carbocycles. The van der Waals surface area contributed by atoms with E-state index in [4.69, 9.17) is 10.5 Å². The normalized spacial score (nSPS) is 21.6. The Morgan fingerprint density at radius 2 is 2.03 bits per heavy atom. The molecule has 29 heavy (non-hydrogen) atoms. The highest BCUT2D eigenvalue weighted by Crippen LogP contribution is 2.35. The van der Waals surface area contributed by atoms with Crippen LogP contribution in [0.4, 0.5) is 18.9 Å². The number of nitrogens with two attached hydrogens (primary N) is 1. The minimum Gasteiger partial charge on any atom is -0.378 e. The van der Waals surface area contributed by atoms with Crippen LogP contribution in [0.1, 0.15) is 30.9 Å². The number of benzene rings is 1. The third-order valence-electron chi connectivity index (χ3n) is 5.62. The minimum absolute atomic E-state index is 0.112. The molecule has 2 saturated heterocycles. The molecule has 2 aliphatic rings. The van der Waals surface area contributed by atoms with Crippen molar-refractivity contribution in [3.8, 4) is 0 Å². The number of hydrogen-bond acceptors (Lipinski definition) is 4. The lowest BCUT2D eigenvalue weighted by molar-refractivity contribution is -0.138. The predicted molar refractivity (Wildman–Crippen MR) is 108 cm³/mol. The molecule has 0 amide bonds. The fourth-order valence-electron chi connectivity index (χ4n) is 3.98. The summed E-state index contributed by atoms with van der Waals surface area (Å²) in [7, 11) is 0. The lowest BCUT2D eigenvalue weighted by Crippen LogP contribution is -2.42. The first-order valence-electron chi connectivity index (χ1n) is 10.2. The average Bonchev–Trinajstić information content (AvgIpc) is 3.18. The molecule has 9 heteroatoms. The van der Waals surface area contributed by atoms with Crippen LogP contribution in [0.15, 0.2) is 23.2 Å². The van der Waals surface area contributed by atoms with Gasteiger partial charge in [0.15, 0.2) is 5.96 Å². The van der Waals surface area contributed by atoms with Gasteiger partial charge in [-0.05, 0) is 43.6 Å². The van der Waals surface area contributed by atoms with E-state index < -0.39 is 11.7 Å². The molecule has 2 aliphatic heterocycles. The second-order valence-corrected chi connectivity index (χ2v) is 7.45. The van der Waals surface area contributed by atoms with Crippen LogP contribution in [-0.4, -0.2) is 62.8 Å². The molecule has 162 valence electrons. The Morgan fingerprint density at radius 3 is 2.72 bits per heavy atom. The molecule has 1 aromatic rings. The summed E-state index contributed by atoms with van der Waals surface area (Å²) in [6, 6.07) is 4.82. The van der Waals surface area contributed by atoms with E-state index in [2.05, 4.69) is 22.1 Å². The van der Waals surface area contributed by atoms with Crippen LogP contribution in [0.25, 0.3) is 0 Å². The van der Waals surface area contributed by atoms with E-state index in [1.54, 1.807) is 6.07 Å². The van der Waals surface area contributed by atoms with E-state index in [0.29, 0.717) is 44.6 Å².